The van der Waals surface area contributed by atoms with E-state index in [1.807, 2.05) is 47.4 Å². The maximum absolute atomic E-state index is 12.9. The van der Waals surface area contributed by atoms with Crippen LogP contribution in [0.15, 0.2) is 66.7 Å². The molecular formula is C30H30N2O4. The van der Waals surface area contributed by atoms with Gasteiger partial charge in [-0.3, -0.25) is 4.79 Å². The average molecular weight is 483 g/mol. The first-order chi connectivity index (χ1) is 17.7. The highest BCUT2D eigenvalue weighted by Crippen LogP contribution is 2.32. The van der Waals surface area contributed by atoms with Gasteiger partial charge in [-0.15, -0.1) is 0 Å². The zero-order chi connectivity index (χ0) is 24.7. The molecule has 0 aromatic heterocycles. The minimum absolute atomic E-state index is 0.0230. The van der Waals surface area contributed by atoms with E-state index >= 15 is 0 Å². The molecule has 2 heterocycles. The Morgan fingerprint density at radius 2 is 1.72 bits per heavy atom. The van der Waals surface area contributed by atoms with Crippen LogP contribution >= 0.6 is 0 Å². The lowest BCUT2D eigenvalue weighted by Gasteiger charge is -2.32. The van der Waals surface area contributed by atoms with E-state index in [2.05, 4.69) is 18.2 Å². The maximum Gasteiger partial charge on any atom is 0.260 e. The second-order valence-electron chi connectivity index (χ2n) is 9.31. The topological polar surface area (TPSA) is 71.8 Å². The second kappa shape index (κ2) is 11.2. The Hall–Kier alpha value is -3.98. The van der Waals surface area contributed by atoms with E-state index in [1.54, 1.807) is 12.1 Å². The van der Waals surface area contributed by atoms with E-state index in [9.17, 15) is 4.79 Å². The van der Waals surface area contributed by atoms with Crippen molar-refractivity contribution in [2.45, 2.75) is 25.7 Å². The van der Waals surface area contributed by atoms with Crippen LogP contribution in [0.1, 0.15) is 30.4 Å². The molecule has 0 unspecified atom stereocenters. The molecule has 1 fully saturated rings. The highest BCUT2D eigenvalue weighted by atomic mass is 16.6. The fourth-order valence-electron chi connectivity index (χ4n) is 4.87. The minimum Gasteiger partial charge on any atom is -0.486 e. The first kappa shape index (κ1) is 23.7. The number of benzene rings is 3. The lowest BCUT2D eigenvalue weighted by Crippen LogP contribution is -2.41. The van der Waals surface area contributed by atoms with Crippen LogP contribution in [-0.4, -0.2) is 43.7 Å². The van der Waals surface area contributed by atoms with Crippen molar-refractivity contribution >= 4 is 5.91 Å². The third-order valence-corrected chi connectivity index (χ3v) is 6.98. The maximum atomic E-state index is 12.9. The highest BCUT2D eigenvalue weighted by molar-refractivity contribution is 5.78. The van der Waals surface area contributed by atoms with Crippen molar-refractivity contribution in [1.29, 1.82) is 5.26 Å². The molecule has 0 saturated carbocycles. The normalized spacial score (nSPS) is 15.2. The summed E-state index contributed by atoms with van der Waals surface area (Å²) in [5.41, 5.74) is 3.75. The second-order valence-corrected chi connectivity index (χ2v) is 9.31. The standard InChI is InChI=1S/C30H30N2O4/c31-20-24-7-10-25(11-8-24)26-3-1-2-4-27(26)36-21-30(33)32-15-13-22(14-16-32)5-6-23-9-12-28-29(19-23)35-18-17-34-28/h1-4,7-12,19,22H,5-6,13-18,21H2. The first-order valence-corrected chi connectivity index (χ1v) is 12.6. The molecule has 0 spiro atoms. The highest BCUT2D eigenvalue weighted by Gasteiger charge is 2.23. The van der Waals surface area contributed by atoms with Crippen molar-refractivity contribution in [3.05, 3.63) is 77.9 Å². The van der Waals surface area contributed by atoms with E-state index in [-0.39, 0.29) is 12.5 Å². The molecule has 0 radical (unpaired) electrons. The molecule has 0 atom stereocenters. The largest absolute Gasteiger partial charge is 0.486 e. The smallest absolute Gasteiger partial charge is 0.260 e. The van der Waals surface area contributed by atoms with Gasteiger partial charge in [0.05, 0.1) is 11.6 Å². The van der Waals surface area contributed by atoms with E-state index < -0.39 is 0 Å². The number of amides is 1. The zero-order valence-corrected chi connectivity index (χ0v) is 20.3. The fraction of sp³-hybridized carbons (Fsp3) is 0.333. The van der Waals surface area contributed by atoms with Gasteiger partial charge < -0.3 is 19.1 Å². The molecule has 1 amide bonds. The van der Waals surface area contributed by atoms with Gasteiger partial charge in [0.2, 0.25) is 0 Å². The molecule has 36 heavy (non-hydrogen) atoms. The third kappa shape index (κ3) is 5.63. The Morgan fingerprint density at radius 3 is 2.50 bits per heavy atom. The van der Waals surface area contributed by atoms with Crippen molar-refractivity contribution in [2.75, 3.05) is 32.9 Å². The number of likely N-dealkylation sites (tertiary alicyclic amines) is 1. The number of ether oxygens (including phenoxy) is 3. The molecule has 3 aromatic carbocycles. The first-order valence-electron chi connectivity index (χ1n) is 12.6. The van der Waals surface area contributed by atoms with Crippen LogP contribution in [0.25, 0.3) is 11.1 Å². The summed E-state index contributed by atoms with van der Waals surface area (Å²) in [6, 6.07) is 23.4. The van der Waals surface area contributed by atoms with Crippen LogP contribution in [0.2, 0.25) is 0 Å². The minimum atomic E-state index is 0.0230. The summed E-state index contributed by atoms with van der Waals surface area (Å²) >= 11 is 0. The van der Waals surface area contributed by atoms with Crippen molar-refractivity contribution in [3.8, 4) is 34.4 Å². The number of hydrogen-bond acceptors (Lipinski definition) is 5. The van der Waals surface area contributed by atoms with E-state index in [1.165, 1.54) is 5.56 Å². The Balaban J connectivity index is 1.10. The number of nitriles is 1. The summed E-state index contributed by atoms with van der Waals surface area (Å²) in [5, 5.41) is 9.03. The number of hydrogen-bond donors (Lipinski definition) is 0. The molecule has 5 rings (SSSR count). The number of para-hydroxylation sites is 1. The summed E-state index contributed by atoms with van der Waals surface area (Å²) < 4.78 is 17.3. The fourth-order valence-corrected chi connectivity index (χ4v) is 4.87. The number of piperidine rings is 1. The molecule has 3 aromatic rings. The molecule has 6 nitrogen and oxygen atoms in total. The SMILES string of the molecule is N#Cc1ccc(-c2ccccc2OCC(=O)N2CCC(CCc3ccc4c(c3)OCCO4)CC2)cc1. The molecule has 6 heteroatoms. The molecule has 2 aliphatic heterocycles. The number of rotatable bonds is 7. The van der Waals surface area contributed by atoms with E-state index in [4.69, 9.17) is 19.5 Å². The number of carbonyl (C=O) groups is 1. The predicted octanol–water partition coefficient (Wildman–Crippen LogP) is 5.25. The predicted molar refractivity (Wildman–Crippen MR) is 137 cm³/mol. The summed E-state index contributed by atoms with van der Waals surface area (Å²) in [5.74, 6) is 2.98. The summed E-state index contributed by atoms with van der Waals surface area (Å²) in [7, 11) is 0. The van der Waals surface area contributed by atoms with Gasteiger partial charge in [0, 0.05) is 18.7 Å². The van der Waals surface area contributed by atoms with Gasteiger partial charge in [0.1, 0.15) is 19.0 Å². The van der Waals surface area contributed by atoms with Crippen molar-refractivity contribution in [2.24, 2.45) is 5.92 Å². The zero-order valence-electron chi connectivity index (χ0n) is 20.3. The molecule has 0 bridgehead atoms. The van der Waals surface area contributed by atoms with E-state index in [0.717, 1.165) is 61.4 Å². The molecule has 2 aliphatic rings. The van der Waals surface area contributed by atoms with Gasteiger partial charge in [-0.05, 0) is 73.1 Å². The number of nitrogens with zero attached hydrogens (tertiary/aromatic N) is 2. The summed E-state index contributed by atoms with van der Waals surface area (Å²) in [6.07, 6.45) is 4.14. The number of aryl methyl sites for hydroxylation is 1. The molecule has 184 valence electrons. The Kier molecular flexibility index (Phi) is 7.37. The quantitative estimate of drug-likeness (QED) is 0.460. The lowest BCUT2D eigenvalue weighted by atomic mass is 9.90. The van der Waals surface area contributed by atoms with E-state index in [0.29, 0.717) is 30.4 Å². The van der Waals surface area contributed by atoms with Gasteiger partial charge in [0.25, 0.3) is 5.91 Å². The van der Waals surface area contributed by atoms with Gasteiger partial charge in [-0.2, -0.15) is 5.26 Å². The van der Waals surface area contributed by atoms with Crippen LogP contribution in [-0.2, 0) is 11.2 Å². The van der Waals surface area contributed by atoms with Gasteiger partial charge in [0.15, 0.2) is 18.1 Å². The van der Waals surface area contributed by atoms with Gasteiger partial charge in [-0.25, -0.2) is 0 Å². The average Bonchev–Trinajstić information content (AvgIpc) is 2.95. The van der Waals surface area contributed by atoms with Crippen LogP contribution in [0.5, 0.6) is 17.2 Å². The lowest BCUT2D eigenvalue weighted by molar-refractivity contribution is -0.134. The molecular weight excluding hydrogens is 452 g/mol. The summed E-state index contributed by atoms with van der Waals surface area (Å²) in [4.78, 5) is 14.8. The molecule has 1 saturated heterocycles. The Morgan fingerprint density at radius 1 is 0.972 bits per heavy atom. The Labute approximate surface area is 212 Å². The number of carbonyl (C=O) groups excluding carboxylic acids is 1. The van der Waals surface area contributed by atoms with Crippen LogP contribution in [0.4, 0.5) is 0 Å². The van der Waals surface area contributed by atoms with Crippen LogP contribution in [0, 0.1) is 17.2 Å². The van der Waals surface area contributed by atoms with Crippen molar-refractivity contribution in [1.82, 2.24) is 4.90 Å². The monoisotopic (exact) mass is 482 g/mol. The summed E-state index contributed by atoms with van der Waals surface area (Å²) in [6.45, 7) is 2.78. The van der Waals surface area contributed by atoms with Crippen LogP contribution in [0.3, 0.4) is 0 Å². The van der Waals surface area contributed by atoms with Gasteiger partial charge >= 0.3 is 0 Å². The number of fused-ring (bicyclic) bond motifs is 1. The Bertz CT molecular complexity index is 1240. The van der Waals surface area contributed by atoms with Crippen molar-refractivity contribution < 1.29 is 19.0 Å². The third-order valence-electron chi connectivity index (χ3n) is 6.98. The van der Waals surface area contributed by atoms with Crippen molar-refractivity contribution in [3.63, 3.8) is 0 Å². The van der Waals surface area contributed by atoms with Gasteiger partial charge in [-0.1, -0.05) is 36.4 Å². The van der Waals surface area contributed by atoms with Crippen LogP contribution < -0.4 is 14.2 Å². The molecule has 0 aliphatic carbocycles. The molecule has 0 N–H and O–H groups in total.